The number of benzene rings is 1. The molecule has 0 saturated carbocycles. The Morgan fingerprint density at radius 2 is 1.44 bits per heavy atom. The number of ether oxygens (including phenoxy) is 1. The SMILES string of the molecule is CCCCCCCCCc1cnc(-c2ccc(OCC3CC=C(CCCCC)CC3)cc2)nc1. The third-order valence-corrected chi connectivity index (χ3v) is 7.09. The van der Waals surface area contributed by atoms with Gasteiger partial charge in [-0.3, -0.25) is 0 Å². The molecule has 1 heterocycles. The summed E-state index contributed by atoms with van der Waals surface area (Å²) < 4.78 is 6.10. The molecular weight excluding hydrogens is 416 g/mol. The standard InChI is InChI=1S/C31H46N2O/c1-3-5-7-8-9-10-12-14-28-23-32-31(33-24-28)29-19-21-30(22-20-29)34-25-27-17-15-26(16-18-27)13-11-6-4-2/h15,19-24,27H,3-14,16-18,25H2,1-2H3. The lowest BCUT2D eigenvalue weighted by Gasteiger charge is -2.22. The Labute approximate surface area is 208 Å². The first-order valence-electron chi connectivity index (χ1n) is 14.0. The Bertz CT molecular complexity index is 826. The smallest absolute Gasteiger partial charge is 0.159 e. The van der Waals surface area contributed by atoms with E-state index in [1.165, 1.54) is 95.5 Å². The number of hydrogen-bond acceptors (Lipinski definition) is 3. The highest BCUT2D eigenvalue weighted by atomic mass is 16.5. The summed E-state index contributed by atoms with van der Waals surface area (Å²) in [6.45, 7) is 5.35. The van der Waals surface area contributed by atoms with E-state index in [4.69, 9.17) is 4.74 Å². The van der Waals surface area contributed by atoms with Crippen molar-refractivity contribution in [2.45, 2.75) is 110 Å². The lowest BCUT2D eigenvalue weighted by molar-refractivity contribution is 0.236. The van der Waals surface area contributed by atoms with Gasteiger partial charge in [-0.15, -0.1) is 0 Å². The van der Waals surface area contributed by atoms with Crippen molar-refractivity contribution in [3.63, 3.8) is 0 Å². The van der Waals surface area contributed by atoms with E-state index < -0.39 is 0 Å². The van der Waals surface area contributed by atoms with Crippen molar-refractivity contribution in [3.8, 4) is 17.1 Å². The Morgan fingerprint density at radius 3 is 2.12 bits per heavy atom. The first-order valence-corrected chi connectivity index (χ1v) is 14.0. The van der Waals surface area contributed by atoms with Crippen molar-refractivity contribution in [1.29, 1.82) is 0 Å². The summed E-state index contributed by atoms with van der Waals surface area (Å²) in [6.07, 6.45) is 25.9. The number of allylic oxidation sites excluding steroid dienone is 2. The van der Waals surface area contributed by atoms with E-state index in [9.17, 15) is 0 Å². The molecule has 186 valence electrons. The van der Waals surface area contributed by atoms with Crippen LogP contribution in [0, 0.1) is 5.92 Å². The molecule has 34 heavy (non-hydrogen) atoms. The molecule has 1 atom stereocenters. The maximum absolute atomic E-state index is 6.10. The number of aryl methyl sites for hydroxylation is 1. The monoisotopic (exact) mass is 462 g/mol. The first-order chi connectivity index (χ1) is 16.8. The number of unbranched alkanes of at least 4 members (excludes halogenated alkanes) is 8. The molecule has 0 bridgehead atoms. The van der Waals surface area contributed by atoms with Crippen LogP contribution in [0.3, 0.4) is 0 Å². The van der Waals surface area contributed by atoms with Crippen LogP contribution in [0.15, 0.2) is 48.3 Å². The van der Waals surface area contributed by atoms with Crippen molar-refractivity contribution < 1.29 is 4.74 Å². The third kappa shape index (κ3) is 9.60. The van der Waals surface area contributed by atoms with E-state index >= 15 is 0 Å². The van der Waals surface area contributed by atoms with E-state index in [2.05, 4.69) is 54.2 Å². The lowest BCUT2D eigenvalue weighted by Crippen LogP contribution is -2.14. The molecule has 3 rings (SSSR count). The molecule has 0 fully saturated rings. The van der Waals surface area contributed by atoms with Gasteiger partial charge in [0, 0.05) is 18.0 Å². The second-order valence-corrected chi connectivity index (χ2v) is 10.1. The van der Waals surface area contributed by atoms with Gasteiger partial charge in [0.2, 0.25) is 0 Å². The van der Waals surface area contributed by atoms with Crippen molar-refractivity contribution >= 4 is 0 Å². The molecule has 0 amide bonds. The Morgan fingerprint density at radius 1 is 0.794 bits per heavy atom. The predicted octanol–water partition coefficient (Wildman–Crippen LogP) is 9.12. The second kappa shape index (κ2) is 15.7. The third-order valence-electron chi connectivity index (χ3n) is 7.09. The maximum atomic E-state index is 6.10. The van der Waals surface area contributed by atoms with E-state index in [0.717, 1.165) is 30.2 Å². The number of aromatic nitrogens is 2. The van der Waals surface area contributed by atoms with Gasteiger partial charge >= 0.3 is 0 Å². The Hall–Kier alpha value is -2.16. The maximum Gasteiger partial charge on any atom is 0.159 e. The van der Waals surface area contributed by atoms with Gasteiger partial charge in [-0.1, -0.05) is 76.9 Å². The average Bonchev–Trinajstić information content (AvgIpc) is 2.88. The predicted molar refractivity (Wildman–Crippen MR) is 144 cm³/mol. The highest BCUT2D eigenvalue weighted by molar-refractivity contribution is 5.55. The number of nitrogens with zero attached hydrogens (tertiary/aromatic N) is 2. The van der Waals surface area contributed by atoms with Crippen LogP contribution in [0.4, 0.5) is 0 Å². The molecular formula is C31H46N2O. The molecule has 3 nitrogen and oxygen atoms in total. The molecule has 1 aromatic heterocycles. The average molecular weight is 463 g/mol. The highest BCUT2D eigenvalue weighted by Crippen LogP contribution is 2.28. The minimum Gasteiger partial charge on any atom is -0.493 e. The molecule has 1 unspecified atom stereocenters. The summed E-state index contributed by atoms with van der Waals surface area (Å²) in [5.74, 6) is 2.38. The second-order valence-electron chi connectivity index (χ2n) is 10.1. The van der Waals surface area contributed by atoms with Crippen LogP contribution in [0.2, 0.25) is 0 Å². The van der Waals surface area contributed by atoms with E-state index in [-0.39, 0.29) is 0 Å². The summed E-state index contributed by atoms with van der Waals surface area (Å²) in [4.78, 5) is 9.23. The van der Waals surface area contributed by atoms with Crippen LogP contribution in [0.25, 0.3) is 11.4 Å². The summed E-state index contributed by atoms with van der Waals surface area (Å²) >= 11 is 0. The first kappa shape index (κ1) is 26.4. The molecule has 0 spiro atoms. The largest absolute Gasteiger partial charge is 0.493 e. The zero-order valence-electron chi connectivity index (χ0n) is 21.7. The van der Waals surface area contributed by atoms with Gasteiger partial charge in [0.1, 0.15) is 5.75 Å². The Kier molecular flexibility index (Phi) is 12.2. The molecule has 0 N–H and O–H groups in total. The van der Waals surface area contributed by atoms with Gasteiger partial charge in [-0.05, 0) is 80.7 Å². The van der Waals surface area contributed by atoms with Crippen LogP contribution < -0.4 is 4.74 Å². The zero-order chi connectivity index (χ0) is 23.8. The van der Waals surface area contributed by atoms with E-state index in [0.29, 0.717) is 5.92 Å². The molecule has 3 heteroatoms. The normalized spacial score (nSPS) is 15.8. The van der Waals surface area contributed by atoms with Gasteiger partial charge in [0.25, 0.3) is 0 Å². The van der Waals surface area contributed by atoms with Gasteiger partial charge in [-0.25, -0.2) is 9.97 Å². The molecule has 1 aromatic carbocycles. The molecule has 1 aliphatic rings. The quantitative estimate of drug-likeness (QED) is 0.184. The van der Waals surface area contributed by atoms with Gasteiger partial charge in [0.15, 0.2) is 5.82 Å². The summed E-state index contributed by atoms with van der Waals surface area (Å²) in [6, 6.07) is 8.26. The van der Waals surface area contributed by atoms with Crippen LogP contribution in [0.5, 0.6) is 5.75 Å². The lowest BCUT2D eigenvalue weighted by atomic mass is 9.88. The van der Waals surface area contributed by atoms with Gasteiger partial charge in [-0.2, -0.15) is 0 Å². The number of hydrogen-bond donors (Lipinski definition) is 0. The highest BCUT2D eigenvalue weighted by Gasteiger charge is 2.15. The Balaban J connectivity index is 1.36. The molecule has 0 saturated heterocycles. The fourth-order valence-corrected chi connectivity index (χ4v) is 4.76. The number of rotatable bonds is 16. The molecule has 1 aliphatic carbocycles. The minimum atomic E-state index is 0.641. The van der Waals surface area contributed by atoms with Gasteiger partial charge in [0.05, 0.1) is 6.61 Å². The van der Waals surface area contributed by atoms with Crippen LogP contribution in [0.1, 0.15) is 109 Å². The molecule has 0 radical (unpaired) electrons. The summed E-state index contributed by atoms with van der Waals surface area (Å²) in [7, 11) is 0. The van der Waals surface area contributed by atoms with Crippen LogP contribution >= 0.6 is 0 Å². The molecule has 2 aromatic rings. The van der Waals surface area contributed by atoms with Crippen LogP contribution in [-0.4, -0.2) is 16.6 Å². The zero-order valence-corrected chi connectivity index (χ0v) is 21.7. The minimum absolute atomic E-state index is 0.641. The van der Waals surface area contributed by atoms with Crippen molar-refractivity contribution in [2.75, 3.05) is 6.61 Å². The topological polar surface area (TPSA) is 35.0 Å². The summed E-state index contributed by atoms with van der Waals surface area (Å²) in [5, 5.41) is 0. The van der Waals surface area contributed by atoms with Crippen molar-refractivity contribution in [3.05, 3.63) is 53.9 Å². The van der Waals surface area contributed by atoms with E-state index in [1.807, 2.05) is 12.4 Å². The fraction of sp³-hybridized carbons (Fsp3) is 0.613. The van der Waals surface area contributed by atoms with E-state index in [1.54, 1.807) is 5.57 Å². The van der Waals surface area contributed by atoms with Crippen molar-refractivity contribution in [2.24, 2.45) is 5.92 Å². The van der Waals surface area contributed by atoms with Crippen molar-refractivity contribution in [1.82, 2.24) is 9.97 Å². The molecule has 0 aliphatic heterocycles. The summed E-state index contributed by atoms with van der Waals surface area (Å²) in [5.41, 5.74) is 3.96. The fourth-order valence-electron chi connectivity index (χ4n) is 4.76. The van der Waals surface area contributed by atoms with Gasteiger partial charge < -0.3 is 4.74 Å². The van der Waals surface area contributed by atoms with Crippen LogP contribution in [-0.2, 0) is 6.42 Å².